The molecule has 1 aliphatic rings. The molecular formula is C15H15N5O4. The van der Waals surface area contributed by atoms with E-state index in [4.69, 9.17) is 9.47 Å². The molecule has 9 nitrogen and oxygen atoms in total. The first-order valence-corrected chi connectivity index (χ1v) is 7.36. The molecule has 0 amide bonds. The van der Waals surface area contributed by atoms with Gasteiger partial charge < -0.3 is 14.5 Å². The summed E-state index contributed by atoms with van der Waals surface area (Å²) < 4.78 is 13.6. The lowest BCUT2D eigenvalue weighted by Gasteiger charge is -2.09. The Kier molecular flexibility index (Phi) is 3.07. The topological polar surface area (TPSA) is 104 Å². The van der Waals surface area contributed by atoms with Crippen molar-refractivity contribution in [1.82, 2.24) is 24.1 Å². The molecule has 4 rings (SSSR count). The molecule has 0 aliphatic carbocycles. The van der Waals surface area contributed by atoms with Gasteiger partial charge in [-0.3, -0.25) is 18.9 Å². The highest BCUT2D eigenvalue weighted by Gasteiger charge is 2.22. The van der Waals surface area contributed by atoms with Gasteiger partial charge in [0.25, 0.3) is 5.56 Å². The van der Waals surface area contributed by atoms with E-state index in [9.17, 15) is 9.59 Å². The quantitative estimate of drug-likeness (QED) is 0.733. The molecule has 0 atom stereocenters. The summed E-state index contributed by atoms with van der Waals surface area (Å²) in [6, 6.07) is 0.133. The molecule has 0 spiro atoms. The third-order valence-electron chi connectivity index (χ3n) is 4.18. The molecule has 124 valence electrons. The van der Waals surface area contributed by atoms with Crippen LogP contribution in [0.25, 0.3) is 11.2 Å². The van der Waals surface area contributed by atoms with Crippen molar-refractivity contribution in [2.45, 2.75) is 20.1 Å². The van der Waals surface area contributed by atoms with E-state index in [0.29, 0.717) is 24.7 Å². The molecule has 0 saturated carbocycles. The van der Waals surface area contributed by atoms with Gasteiger partial charge in [-0.25, -0.2) is 4.79 Å². The Bertz CT molecular complexity index is 1090. The third kappa shape index (κ3) is 1.98. The zero-order valence-corrected chi connectivity index (χ0v) is 13.4. The number of fused-ring (bicyclic) bond motifs is 2. The average Bonchev–Trinajstić information content (AvgIpc) is 3.20. The largest absolute Gasteiger partial charge is 0.423 e. The minimum absolute atomic E-state index is 0.133. The molecule has 4 heterocycles. The van der Waals surface area contributed by atoms with Crippen molar-refractivity contribution in [3.63, 3.8) is 0 Å². The number of aromatic nitrogens is 5. The molecule has 0 unspecified atom stereocenters. The maximum absolute atomic E-state index is 12.2. The molecule has 3 aromatic heterocycles. The summed E-state index contributed by atoms with van der Waals surface area (Å²) in [4.78, 5) is 35.6. The standard InChI is InChI=1S/C15H15N5O4/c1-7-11(9-6-23-5-8(9)4-16-7)24-14-17-10-12(18-14)19(2)15(22)20(3)13(10)21/h4H,5-6H2,1-3H3,(H,17,18). The second kappa shape index (κ2) is 5.03. The van der Waals surface area contributed by atoms with E-state index in [1.807, 2.05) is 6.92 Å². The van der Waals surface area contributed by atoms with Crippen LogP contribution in [0.2, 0.25) is 0 Å². The monoisotopic (exact) mass is 329 g/mol. The highest BCUT2D eigenvalue weighted by Crippen LogP contribution is 2.33. The Balaban J connectivity index is 1.87. The van der Waals surface area contributed by atoms with Gasteiger partial charge >= 0.3 is 11.7 Å². The number of hydrogen-bond donors (Lipinski definition) is 1. The third-order valence-corrected chi connectivity index (χ3v) is 4.18. The number of nitrogens with one attached hydrogen (secondary N) is 1. The lowest BCUT2D eigenvalue weighted by atomic mass is 10.1. The predicted octanol–water partition coefficient (Wildman–Crippen LogP) is 0.486. The zero-order chi connectivity index (χ0) is 17.0. The van der Waals surface area contributed by atoms with E-state index in [1.54, 1.807) is 13.2 Å². The Morgan fingerprint density at radius 2 is 2.04 bits per heavy atom. The minimum atomic E-state index is -0.452. The van der Waals surface area contributed by atoms with Crippen LogP contribution in [-0.2, 0) is 32.0 Å². The molecule has 0 fully saturated rings. The first kappa shape index (κ1) is 14.6. The molecule has 1 N–H and O–H groups in total. The average molecular weight is 329 g/mol. The van der Waals surface area contributed by atoms with Crippen molar-refractivity contribution < 1.29 is 9.47 Å². The van der Waals surface area contributed by atoms with Gasteiger partial charge in [-0.2, -0.15) is 4.98 Å². The number of rotatable bonds is 2. The van der Waals surface area contributed by atoms with Crippen LogP contribution in [0.15, 0.2) is 15.8 Å². The second-order valence-electron chi connectivity index (χ2n) is 5.72. The lowest BCUT2D eigenvalue weighted by molar-refractivity contribution is 0.133. The van der Waals surface area contributed by atoms with Crippen LogP contribution in [0.4, 0.5) is 0 Å². The molecule has 0 aromatic carbocycles. The Morgan fingerprint density at radius 1 is 1.25 bits per heavy atom. The first-order valence-electron chi connectivity index (χ1n) is 7.36. The van der Waals surface area contributed by atoms with E-state index in [2.05, 4.69) is 15.0 Å². The van der Waals surface area contributed by atoms with E-state index >= 15 is 0 Å². The SMILES string of the molecule is Cc1ncc2c(c1Oc1nc3c([nH]1)c(=O)n(C)c(=O)n3C)COC2. The molecule has 0 saturated heterocycles. The van der Waals surface area contributed by atoms with Gasteiger partial charge in [-0.15, -0.1) is 0 Å². The summed E-state index contributed by atoms with van der Waals surface area (Å²) in [6.07, 6.45) is 1.77. The Morgan fingerprint density at radius 3 is 2.83 bits per heavy atom. The van der Waals surface area contributed by atoms with E-state index < -0.39 is 11.2 Å². The van der Waals surface area contributed by atoms with E-state index in [1.165, 1.54) is 11.6 Å². The summed E-state index contributed by atoms with van der Waals surface area (Å²) in [7, 11) is 2.97. The predicted molar refractivity (Wildman–Crippen MR) is 84.1 cm³/mol. The molecule has 3 aromatic rings. The fourth-order valence-electron chi connectivity index (χ4n) is 2.81. The van der Waals surface area contributed by atoms with E-state index in [-0.39, 0.29) is 17.2 Å². The van der Waals surface area contributed by atoms with Crippen LogP contribution in [0.5, 0.6) is 11.8 Å². The fourth-order valence-corrected chi connectivity index (χ4v) is 2.81. The summed E-state index contributed by atoms with van der Waals surface area (Å²) in [6.45, 7) is 2.76. The first-order chi connectivity index (χ1) is 11.5. The van der Waals surface area contributed by atoms with Gasteiger partial charge in [0, 0.05) is 31.4 Å². The Hall–Kier alpha value is -2.94. The van der Waals surface area contributed by atoms with E-state index in [0.717, 1.165) is 15.7 Å². The van der Waals surface area contributed by atoms with Crippen LogP contribution >= 0.6 is 0 Å². The number of nitrogens with zero attached hydrogens (tertiary/aromatic N) is 4. The molecule has 9 heteroatoms. The summed E-state index contributed by atoms with van der Waals surface area (Å²) in [5.74, 6) is 0.561. The highest BCUT2D eigenvalue weighted by molar-refractivity contribution is 5.70. The lowest BCUT2D eigenvalue weighted by Crippen LogP contribution is -2.36. The van der Waals surface area contributed by atoms with Crippen molar-refractivity contribution in [2.75, 3.05) is 0 Å². The highest BCUT2D eigenvalue weighted by atomic mass is 16.5. The number of hydrogen-bond acceptors (Lipinski definition) is 6. The molecular weight excluding hydrogens is 314 g/mol. The van der Waals surface area contributed by atoms with Gasteiger partial charge in [0.15, 0.2) is 16.9 Å². The zero-order valence-electron chi connectivity index (χ0n) is 13.4. The minimum Gasteiger partial charge on any atom is -0.423 e. The summed E-state index contributed by atoms with van der Waals surface area (Å²) in [5.41, 5.74) is 2.14. The number of aromatic amines is 1. The molecule has 1 aliphatic heterocycles. The van der Waals surface area contributed by atoms with Gasteiger partial charge in [-0.05, 0) is 6.92 Å². The van der Waals surface area contributed by atoms with Crippen molar-refractivity contribution in [1.29, 1.82) is 0 Å². The molecule has 24 heavy (non-hydrogen) atoms. The van der Waals surface area contributed by atoms with Gasteiger partial charge in [0.2, 0.25) is 0 Å². The van der Waals surface area contributed by atoms with Crippen LogP contribution in [-0.4, -0.2) is 24.1 Å². The maximum Gasteiger partial charge on any atom is 0.332 e. The maximum atomic E-state index is 12.2. The summed E-state index contributed by atoms with van der Waals surface area (Å²) in [5, 5.41) is 0. The smallest absolute Gasteiger partial charge is 0.332 e. The van der Waals surface area contributed by atoms with Crippen molar-refractivity contribution in [3.05, 3.63) is 43.9 Å². The molecule has 0 radical (unpaired) electrons. The van der Waals surface area contributed by atoms with Crippen LogP contribution in [0.1, 0.15) is 16.8 Å². The van der Waals surface area contributed by atoms with Crippen LogP contribution in [0.3, 0.4) is 0 Å². The second-order valence-corrected chi connectivity index (χ2v) is 5.72. The number of H-pyrrole nitrogens is 1. The van der Waals surface area contributed by atoms with Crippen LogP contribution < -0.4 is 16.0 Å². The number of pyridine rings is 1. The van der Waals surface area contributed by atoms with Crippen LogP contribution in [0, 0.1) is 6.92 Å². The van der Waals surface area contributed by atoms with Crippen molar-refractivity contribution in [2.24, 2.45) is 14.1 Å². The fraction of sp³-hybridized carbons (Fsp3) is 0.333. The van der Waals surface area contributed by atoms with Gasteiger partial charge in [0.05, 0.1) is 18.9 Å². The number of ether oxygens (including phenoxy) is 2. The van der Waals surface area contributed by atoms with Crippen molar-refractivity contribution in [3.8, 4) is 11.8 Å². The summed E-state index contributed by atoms with van der Waals surface area (Å²) >= 11 is 0. The van der Waals surface area contributed by atoms with Gasteiger partial charge in [0.1, 0.15) is 0 Å². The molecule has 0 bridgehead atoms. The van der Waals surface area contributed by atoms with Crippen molar-refractivity contribution >= 4 is 11.2 Å². The Labute approximate surface area is 135 Å². The number of aryl methyl sites for hydroxylation is 2. The van der Waals surface area contributed by atoms with Gasteiger partial charge in [-0.1, -0.05) is 0 Å². The number of imidazole rings is 1. The normalized spacial score (nSPS) is 13.5.